The summed E-state index contributed by atoms with van der Waals surface area (Å²) in [7, 11) is 0. The summed E-state index contributed by atoms with van der Waals surface area (Å²) in [6.45, 7) is 2.22. The summed E-state index contributed by atoms with van der Waals surface area (Å²) >= 11 is 0. The molecular formula is C12H13N. The first-order valence-electron chi connectivity index (χ1n) is 4.55. The molecule has 0 saturated heterocycles. The van der Waals surface area contributed by atoms with Crippen LogP contribution in [-0.2, 0) is 0 Å². The van der Waals surface area contributed by atoms with E-state index in [1.54, 1.807) is 0 Å². The number of hydrogen-bond donors (Lipinski definition) is 1. The third kappa shape index (κ3) is 1.64. The topological polar surface area (TPSA) is 15.8 Å². The zero-order valence-electron chi connectivity index (χ0n) is 7.70. The van der Waals surface area contributed by atoms with Gasteiger partial charge in [-0.15, -0.1) is 0 Å². The summed E-state index contributed by atoms with van der Waals surface area (Å²) in [5.41, 5.74) is 2.70. The van der Waals surface area contributed by atoms with Crippen LogP contribution in [0.1, 0.15) is 24.0 Å². The van der Waals surface area contributed by atoms with E-state index in [0.717, 1.165) is 0 Å². The number of H-pyrrole nitrogens is 1. The molecule has 2 aromatic rings. The molecule has 1 nitrogen and oxygen atoms in total. The van der Waals surface area contributed by atoms with Crippen LogP contribution in [0.2, 0.25) is 0 Å². The first kappa shape index (κ1) is 8.11. The van der Waals surface area contributed by atoms with E-state index in [-0.39, 0.29) is 0 Å². The molecule has 0 bridgehead atoms. The van der Waals surface area contributed by atoms with Gasteiger partial charge in [-0.05, 0) is 17.2 Å². The minimum absolute atomic E-state index is 0.479. The highest BCUT2D eigenvalue weighted by Crippen LogP contribution is 2.22. The fourth-order valence-corrected chi connectivity index (χ4v) is 1.54. The maximum atomic E-state index is 3.08. The van der Waals surface area contributed by atoms with Gasteiger partial charge in [0.15, 0.2) is 0 Å². The van der Waals surface area contributed by atoms with Crippen LogP contribution in [0.5, 0.6) is 0 Å². The van der Waals surface area contributed by atoms with Crippen molar-refractivity contribution in [2.75, 3.05) is 0 Å². The van der Waals surface area contributed by atoms with Crippen molar-refractivity contribution in [3.63, 3.8) is 0 Å². The first-order chi connectivity index (χ1) is 6.38. The molecule has 0 aliphatic rings. The molecule has 1 atom stereocenters. The van der Waals surface area contributed by atoms with Crippen LogP contribution in [0.3, 0.4) is 0 Å². The van der Waals surface area contributed by atoms with E-state index in [4.69, 9.17) is 0 Å². The van der Waals surface area contributed by atoms with E-state index in [1.165, 1.54) is 11.1 Å². The highest BCUT2D eigenvalue weighted by atomic mass is 14.6. The van der Waals surface area contributed by atoms with Gasteiger partial charge in [0.25, 0.3) is 0 Å². The van der Waals surface area contributed by atoms with Crippen LogP contribution in [0, 0.1) is 0 Å². The van der Waals surface area contributed by atoms with Gasteiger partial charge in [0.1, 0.15) is 0 Å². The molecule has 0 aliphatic carbocycles. The lowest BCUT2D eigenvalue weighted by atomic mass is 9.96. The molecule has 1 N–H and O–H groups in total. The van der Waals surface area contributed by atoms with Gasteiger partial charge in [-0.3, -0.25) is 0 Å². The Labute approximate surface area is 78.4 Å². The Balaban J connectivity index is 2.29. The normalized spacial score (nSPS) is 12.7. The summed E-state index contributed by atoms with van der Waals surface area (Å²) in [4.78, 5) is 3.08. The van der Waals surface area contributed by atoms with Crippen molar-refractivity contribution in [3.8, 4) is 0 Å². The van der Waals surface area contributed by atoms with E-state index in [9.17, 15) is 0 Å². The SMILES string of the molecule is C[C@H](c1ccccc1)c1cc[nH]c1. The Morgan fingerprint density at radius 1 is 1.00 bits per heavy atom. The molecule has 1 heterocycles. The van der Waals surface area contributed by atoms with E-state index < -0.39 is 0 Å². The van der Waals surface area contributed by atoms with Gasteiger partial charge in [0.2, 0.25) is 0 Å². The number of nitrogens with one attached hydrogen (secondary N) is 1. The van der Waals surface area contributed by atoms with Crippen molar-refractivity contribution < 1.29 is 0 Å². The molecule has 13 heavy (non-hydrogen) atoms. The second-order valence-electron chi connectivity index (χ2n) is 3.28. The average molecular weight is 171 g/mol. The van der Waals surface area contributed by atoms with Crippen LogP contribution in [0.4, 0.5) is 0 Å². The molecule has 0 saturated carbocycles. The van der Waals surface area contributed by atoms with Gasteiger partial charge in [-0.25, -0.2) is 0 Å². The largest absolute Gasteiger partial charge is 0.367 e. The molecule has 0 unspecified atom stereocenters. The Morgan fingerprint density at radius 2 is 1.77 bits per heavy atom. The van der Waals surface area contributed by atoms with Gasteiger partial charge in [-0.1, -0.05) is 37.3 Å². The van der Waals surface area contributed by atoms with Gasteiger partial charge in [0, 0.05) is 18.3 Å². The summed E-state index contributed by atoms with van der Waals surface area (Å²) < 4.78 is 0. The Morgan fingerprint density at radius 3 is 2.38 bits per heavy atom. The molecule has 1 aromatic heterocycles. The maximum Gasteiger partial charge on any atom is 0.00759 e. The fraction of sp³-hybridized carbons (Fsp3) is 0.167. The molecule has 66 valence electrons. The van der Waals surface area contributed by atoms with Crippen LogP contribution in [0.25, 0.3) is 0 Å². The number of hydrogen-bond acceptors (Lipinski definition) is 0. The van der Waals surface area contributed by atoms with Crippen molar-refractivity contribution in [3.05, 3.63) is 59.9 Å². The van der Waals surface area contributed by atoms with Crippen molar-refractivity contribution in [1.82, 2.24) is 4.98 Å². The Bertz CT molecular complexity index is 348. The van der Waals surface area contributed by atoms with Gasteiger partial charge in [-0.2, -0.15) is 0 Å². The lowest BCUT2D eigenvalue weighted by Crippen LogP contribution is -1.92. The summed E-state index contributed by atoms with van der Waals surface area (Å²) in [5.74, 6) is 0.479. The molecule has 1 aromatic carbocycles. The minimum Gasteiger partial charge on any atom is -0.367 e. The van der Waals surface area contributed by atoms with Crippen LogP contribution in [-0.4, -0.2) is 4.98 Å². The smallest absolute Gasteiger partial charge is 0.00759 e. The van der Waals surface area contributed by atoms with Crippen LogP contribution < -0.4 is 0 Å². The summed E-state index contributed by atoms with van der Waals surface area (Å²) in [6, 6.07) is 12.7. The third-order valence-electron chi connectivity index (χ3n) is 2.42. The van der Waals surface area contributed by atoms with Crippen molar-refractivity contribution in [1.29, 1.82) is 0 Å². The second kappa shape index (κ2) is 3.48. The average Bonchev–Trinajstić information content (AvgIpc) is 2.71. The number of aromatic amines is 1. The van der Waals surface area contributed by atoms with E-state index >= 15 is 0 Å². The maximum absolute atomic E-state index is 3.08. The standard InChI is InChI=1S/C12H13N/c1-10(12-7-8-13-9-12)11-5-3-2-4-6-11/h2-10,13H,1H3/t10-/m1/s1. The Kier molecular flexibility index (Phi) is 2.17. The van der Waals surface area contributed by atoms with E-state index in [0.29, 0.717) is 5.92 Å². The highest BCUT2D eigenvalue weighted by Gasteiger charge is 2.06. The number of rotatable bonds is 2. The summed E-state index contributed by atoms with van der Waals surface area (Å²) in [5, 5.41) is 0. The predicted molar refractivity (Wildman–Crippen MR) is 54.8 cm³/mol. The van der Waals surface area contributed by atoms with Crippen molar-refractivity contribution >= 4 is 0 Å². The molecular weight excluding hydrogens is 158 g/mol. The lowest BCUT2D eigenvalue weighted by Gasteiger charge is -2.08. The van der Waals surface area contributed by atoms with Crippen molar-refractivity contribution in [2.45, 2.75) is 12.8 Å². The number of aromatic nitrogens is 1. The van der Waals surface area contributed by atoms with Gasteiger partial charge < -0.3 is 4.98 Å². The highest BCUT2D eigenvalue weighted by molar-refractivity contribution is 5.29. The first-order valence-corrected chi connectivity index (χ1v) is 4.55. The second-order valence-corrected chi connectivity index (χ2v) is 3.28. The minimum atomic E-state index is 0.479. The van der Waals surface area contributed by atoms with E-state index in [2.05, 4.69) is 48.4 Å². The molecule has 0 radical (unpaired) electrons. The molecule has 0 spiro atoms. The zero-order valence-corrected chi connectivity index (χ0v) is 7.70. The third-order valence-corrected chi connectivity index (χ3v) is 2.42. The molecule has 0 fully saturated rings. The number of benzene rings is 1. The summed E-state index contributed by atoms with van der Waals surface area (Å²) in [6.07, 6.45) is 4.02. The molecule has 0 aliphatic heterocycles. The molecule has 2 rings (SSSR count). The monoisotopic (exact) mass is 171 g/mol. The van der Waals surface area contributed by atoms with Crippen LogP contribution >= 0.6 is 0 Å². The van der Waals surface area contributed by atoms with Gasteiger partial charge in [0.05, 0.1) is 0 Å². The van der Waals surface area contributed by atoms with E-state index in [1.807, 2.05) is 12.3 Å². The van der Waals surface area contributed by atoms with Crippen molar-refractivity contribution in [2.24, 2.45) is 0 Å². The lowest BCUT2D eigenvalue weighted by molar-refractivity contribution is 0.925. The predicted octanol–water partition coefficient (Wildman–Crippen LogP) is 3.17. The van der Waals surface area contributed by atoms with Crippen LogP contribution in [0.15, 0.2) is 48.8 Å². The zero-order chi connectivity index (χ0) is 9.10. The molecule has 0 amide bonds. The Hall–Kier alpha value is -1.50. The fourth-order valence-electron chi connectivity index (χ4n) is 1.54. The molecule has 1 heteroatoms. The van der Waals surface area contributed by atoms with Gasteiger partial charge >= 0.3 is 0 Å². The quantitative estimate of drug-likeness (QED) is 0.714.